The van der Waals surface area contributed by atoms with E-state index in [1.165, 1.54) is 6.07 Å². The average Bonchev–Trinajstić information content (AvgIpc) is 2.74. The quantitative estimate of drug-likeness (QED) is 0.887. The molecule has 2 unspecified atom stereocenters. The second-order valence-corrected chi connectivity index (χ2v) is 5.34. The van der Waals surface area contributed by atoms with Crippen molar-refractivity contribution in [1.82, 2.24) is 0 Å². The van der Waals surface area contributed by atoms with Gasteiger partial charge in [-0.1, -0.05) is 18.0 Å². The van der Waals surface area contributed by atoms with Crippen LogP contribution in [0.3, 0.4) is 0 Å². The lowest BCUT2D eigenvalue weighted by atomic mass is 10.0. The Kier molecular flexibility index (Phi) is 4.26. The summed E-state index contributed by atoms with van der Waals surface area (Å²) in [5.41, 5.74) is 5.34. The van der Waals surface area contributed by atoms with Crippen LogP contribution in [0.1, 0.15) is 24.8 Å². The summed E-state index contributed by atoms with van der Waals surface area (Å²) in [6.07, 6.45) is -1.40. The number of benzene rings is 1. The Balaban J connectivity index is 2.18. The standard InChI is InChI=1S/C13H16ClF3N2/c14-10-4-9(13(15,16)17)5-11(6-10)19-12-3-1-2-8(12)7-18/h4-6,8,12,19H,1-3,7,18H2. The van der Waals surface area contributed by atoms with E-state index in [2.05, 4.69) is 5.32 Å². The predicted octanol–water partition coefficient (Wildman–Crippen LogP) is 3.90. The molecule has 1 aromatic rings. The van der Waals surface area contributed by atoms with Gasteiger partial charge in [-0.15, -0.1) is 0 Å². The van der Waals surface area contributed by atoms with Crippen LogP contribution >= 0.6 is 11.6 Å². The van der Waals surface area contributed by atoms with Crippen molar-refractivity contribution in [3.63, 3.8) is 0 Å². The van der Waals surface area contributed by atoms with Crippen LogP contribution in [-0.4, -0.2) is 12.6 Å². The summed E-state index contributed by atoms with van der Waals surface area (Å²) in [4.78, 5) is 0. The number of nitrogens with one attached hydrogen (secondary N) is 1. The van der Waals surface area contributed by atoms with E-state index in [1.54, 1.807) is 0 Å². The molecule has 1 aliphatic carbocycles. The number of hydrogen-bond acceptors (Lipinski definition) is 2. The van der Waals surface area contributed by atoms with Crippen LogP contribution in [0.5, 0.6) is 0 Å². The molecule has 2 rings (SSSR count). The Morgan fingerprint density at radius 2 is 2.00 bits per heavy atom. The Hall–Kier alpha value is -0.940. The van der Waals surface area contributed by atoms with E-state index in [-0.39, 0.29) is 11.1 Å². The molecule has 0 bridgehead atoms. The fraction of sp³-hybridized carbons (Fsp3) is 0.538. The molecule has 0 aromatic heterocycles. The first kappa shape index (κ1) is 14.5. The minimum Gasteiger partial charge on any atom is -0.382 e. The number of alkyl halides is 3. The van der Waals surface area contributed by atoms with E-state index in [9.17, 15) is 13.2 Å². The first-order valence-electron chi connectivity index (χ1n) is 6.24. The summed E-state index contributed by atoms with van der Waals surface area (Å²) in [6.45, 7) is 0.546. The number of anilines is 1. The first-order chi connectivity index (χ1) is 8.90. The highest BCUT2D eigenvalue weighted by atomic mass is 35.5. The lowest BCUT2D eigenvalue weighted by molar-refractivity contribution is -0.137. The van der Waals surface area contributed by atoms with Crippen molar-refractivity contribution in [1.29, 1.82) is 0 Å². The molecule has 0 amide bonds. The number of halogens is 4. The van der Waals surface area contributed by atoms with Crippen LogP contribution in [-0.2, 0) is 6.18 Å². The van der Waals surface area contributed by atoms with Gasteiger partial charge < -0.3 is 11.1 Å². The maximum atomic E-state index is 12.7. The molecular formula is C13H16ClF3N2. The highest BCUT2D eigenvalue weighted by Gasteiger charge is 2.32. The predicted molar refractivity (Wildman–Crippen MR) is 70.3 cm³/mol. The molecule has 1 fully saturated rings. The van der Waals surface area contributed by atoms with Gasteiger partial charge in [0, 0.05) is 16.8 Å². The Labute approximate surface area is 115 Å². The fourth-order valence-corrected chi connectivity index (χ4v) is 2.79. The van der Waals surface area contributed by atoms with Crippen molar-refractivity contribution in [2.24, 2.45) is 11.7 Å². The number of rotatable bonds is 3. The van der Waals surface area contributed by atoms with Crippen molar-refractivity contribution < 1.29 is 13.2 Å². The maximum absolute atomic E-state index is 12.7. The van der Waals surface area contributed by atoms with E-state index in [1.807, 2.05) is 0 Å². The third-order valence-corrected chi connectivity index (χ3v) is 3.76. The summed E-state index contributed by atoms with van der Waals surface area (Å²) in [5, 5.41) is 3.21. The van der Waals surface area contributed by atoms with Gasteiger partial charge in [-0.2, -0.15) is 13.2 Å². The van der Waals surface area contributed by atoms with Crippen LogP contribution in [0, 0.1) is 5.92 Å². The molecule has 0 aliphatic heterocycles. The van der Waals surface area contributed by atoms with Gasteiger partial charge >= 0.3 is 6.18 Å². The van der Waals surface area contributed by atoms with Crippen LogP contribution in [0.15, 0.2) is 18.2 Å². The van der Waals surface area contributed by atoms with Gasteiger partial charge in [-0.05, 0) is 43.5 Å². The van der Waals surface area contributed by atoms with E-state index < -0.39 is 11.7 Å². The van der Waals surface area contributed by atoms with Crippen LogP contribution < -0.4 is 11.1 Å². The summed E-state index contributed by atoms with van der Waals surface area (Å²) in [7, 11) is 0. The monoisotopic (exact) mass is 292 g/mol. The Morgan fingerprint density at radius 1 is 1.26 bits per heavy atom. The van der Waals surface area contributed by atoms with E-state index >= 15 is 0 Å². The number of hydrogen-bond donors (Lipinski definition) is 2. The van der Waals surface area contributed by atoms with E-state index in [0.29, 0.717) is 18.2 Å². The Morgan fingerprint density at radius 3 is 2.63 bits per heavy atom. The van der Waals surface area contributed by atoms with Crippen LogP contribution in [0.25, 0.3) is 0 Å². The molecule has 6 heteroatoms. The molecule has 19 heavy (non-hydrogen) atoms. The molecule has 2 atom stereocenters. The topological polar surface area (TPSA) is 38.0 Å². The zero-order valence-corrected chi connectivity index (χ0v) is 11.1. The molecule has 0 spiro atoms. The largest absolute Gasteiger partial charge is 0.416 e. The van der Waals surface area contributed by atoms with Crippen LogP contribution in [0.2, 0.25) is 5.02 Å². The molecule has 106 valence electrons. The minimum atomic E-state index is -4.38. The summed E-state index contributed by atoms with van der Waals surface area (Å²) < 4.78 is 38.1. The summed E-state index contributed by atoms with van der Waals surface area (Å²) >= 11 is 5.75. The third kappa shape index (κ3) is 3.54. The van der Waals surface area contributed by atoms with Gasteiger partial charge in [0.1, 0.15) is 0 Å². The maximum Gasteiger partial charge on any atom is 0.416 e. The summed E-state index contributed by atoms with van der Waals surface area (Å²) in [5.74, 6) is 0.313. The normalized spacial score (nSPS) is 23.6. The number of nitrogens with two attached hydrogens (primary N) is 1. The second-order valence-electron chi connectivity index (χ2n) is 4.90. The average molecular weight is 293 g/mol. The lowest BCUT2D eigenvalue weighted by Crippen LogP contribution is -2.29. The SMILES string of the molecule is NCC1CCCC1Nc1cc(Cl)cc(C(F)(F)F)c1. The van der Waals surface area contributed by atoms with E-state index in [4.69, 9.17) is 17.3 Å². The van der Waals surface area contributed by atoms with Crippen molar-refractivity contribution in [2.45, 2.75) is 31.5 Å². The lowest BCUT2D eigenvalue weighted by Gasteiger charge is -2.21. The zero-order chi connectivity index (χ0) is 14.0. The molecule has 1 aromatic carbocycles. The molecule has 3 N–H and O–H groups in total. The van der Waals surface area contributed by atoms with Crippen molar-refractivity contribution in [3.8, 4) is 0 Å². The van der Waals surface area contributed by atoms with E-state index in [0.717, 1.165) is 31.4 Å². The second kappa shape index (κ2) is 5.59. The molecule has 1 aliphatic rings. The van der Waals surface area contributed by atoms with Gasteiger partial charge in [-0.25, -0.2) is 0 Å². The van der Waals surface area contributed by atoms with Gasteiger partial charge in [-0.3, -0.25) is 0 Å². The van der Waals surface area contributed by atoms with Gasteiger partial charge in [0.25, 0.3) is 0 Å². The van der Waals surface area contributed by atoms with Gasteiger partial charge in [0.05, 0.1) is 5.56 Å². The zero-order valence-electron chi connectivity index (χ0n) is 10.3. The molecule has 0 radical (unpaired) electrons. The van der Waals surface area contributed by atoms with Gasteiger partial charge in [0.2, 0.25) is 0 Å². The fourth-order valence-electron chi connectivity index (χ4n) is 2.56. The minimum absolute atomic E-state index is 0.0830. The van der Waals surface area contributed by atoms with Crippen LogP contribution in [0.4, 0.5) is 18.9 Å². The Bertz CT molecular complexity index is 448. The van der Waals surface area contributed by atoms with Gasteiger partial charge in [0.15, 0.2) is 0 Å². The highest BCUT2D eigenvalue weighted by Crippen LogP contribution is 2.35. The smallest absolute Gasteiger partial charge is 0.382 e. The third-order valence-electron chi connectivity index (χ3n) is 3.54. The molecule has 0 saturated heterocycles. The molecular weight excluding hydrogens is 277 g/mol. The van der Waals surface area contributed by atoms with Crippen molar-refractivity contribution >= 4 is 17.3 Å². The summed E-state index contributed by atoms with van der Waals surface area (Å²) in [6, 6.07) is 3.67. The van der Waals surface area contributed by atoms with Crippen molar-refractivity contribution in [3.05, 3.63) is 28.8 Å². The molecule has 2 nitrogen and oxygen atoms in total. The van der Waals surface area contributed by atoms with Crippen molar-refractivity contribution in [2.75, 3.05) is 11.9 Å². The first-order valence-corrected chi connectivity index (χ1v) is 6.62. The highest BCUT2D eigenvalue weighted by molar-refractivity contribution is 6.30. The molecule has 0 heterocycles. The molecule has 1 saturated carbocycles.